The number of hydrogen-bond acceptors (Lipinski definition) is 5. The quantitative estimate of drug-likeness (QED) is 0.689. The molecule has 4 atom stereocenters. The molecule has 0 amide bonds. The van der Waals surface area contributed by atoms with Crippen LogP contribution in [0.4, 0.5) is 0 Å². The first-order valence-electron chi connectivity index (χ1n) is 8.33. The van der Waals surface area contributed by atoms with Crippen LogP contribution in [0.1, 0.15) is 32.1 Å². The van der Waals surface area contributed by atoms with E-state index in [1.54, 1.807) is 0 Å². The summed E-state index contributed by atoms with van der Waals surface area (Å²) in [5, 5.41) is 0. The highest BCUT2D eigenvalue weighted by molar-refractivity contribution is 6.53. The molecule has 3 saturated heterocycles. The molecule has 22 heavy (non-hydrogen) atoms. The van der Waals surface area contributed by atoms with E-state index in [9.17, 15) is 0 Å². The lowest BCUT2D eigenvalue weighted by molar-refractivity contribution is -0.250. The van der Waals surface area contributed by atoms with E-state index in [0.29, 0.717) is 6.61 Å². The van der Waals surface area contributed by atoms with Crippen LogP contribution in [-0.2, 0) is 23.5 Å². The van der Waals surface area contributed by atoms with Crippen molar-refractivity contribution in [2.24, 2.45) is 0 Å². The lowest BCUT2D eigenvalue weighted by Crippen LogP contribution is -2.51. The molecule has 0 aromatic carbocycles. The minimum atomic E-state index is -0.435. The van der Waals surface area contributed by atoms with Gasteiger partial charge in [0, 0.05) is 18.7 Å². The van der Waals surface area contributed by atoms with E-state index in [2.05, 4.69) is 0 Å². The molecule has 3 heterocycles. The zero-order valence-corrected chi connectivity index (χ0v) is 12.5. The van der Waals surface area contributed by atoms with Crippen molar-refractivity contribution in [3.8, 4) is 0 Å². The lowest BCUT2D eigenvalue weighted by Gasteiger charge is -2.37. The molecule has 5 aliphatic rings. The smallest absolute Gasteiger partial charge is 0.408 e. The molecule has 2 saturated carbocycles. The third-order valence-corrected chi connectivity index (χ3v) is 5.22. The Hall–Kier alpha value is -0.135. The van der Waals surface area contributed by atoms with Crippen LogP contribution < -0.4 is 0 Å². The van der Waals surface area contributed by atoms with Crippen LogP contribution in [0.2, 0.25) is 0 Å². The van der Waals surface area contributed by atoms with E-state index in [1.807, 2.05) is 25.7 Å². The molecule has 5 radical (unpaired) electrons. The molecule has 0 aromatic heterocycles. The zero-order valence-electron chi connectivity index (χ0n) is 12.5. The zero-order chi connectivity index (χ0) is 14.6. The van der Waals surface area contributed by atoms with E-state index in [0.717, 1.165) is 31.5 Å². The maximum Gasteiger partial charge on any atom is 0.464 e. The van der Waals surface area contributed by atoms with Gasteiger partial charge in [-0.25, -0.2) is 0 Å². The predicted molar refractivity (Wildman–Crippen MR) is 77.5 cm³/mol. The standard InChI is InChI=1S/C16H20BO5/c1-4-8-16(9-5-1)20-14-13-12(19-15(14)21-16)10-18-17(22-13)11-6-2-3-7-11/h2-3,6-7,12-15H,1,4-5,8-10H2/t12-,13+,14-,15-/m1/s1. The van der Waals surface area contributed by atoms with Crippen LogP contribution >= 0.6 is 0 Å². The van der Waals surface area contributed by atoms with Gasteiger partial charge in [-0.05, 0) is 38.5 Å². The average Bonchev–Trinajstić information content (AvgIpc) is 3.23. The minimum absolute atomic E-state index is 0.0952. The van der Waals surface area contributed by atoms with Crippen LogP contribution in [0, 0.1) is 31.5 Å². The fraction of sp³-hybridized carbons (Fsp3) is 0.688. The van der Waals surface area contributed by atoms with Crippen LogP contribution in [-0.4, -0.2) is 44.1 Å². The highest BCUT2D eigenvalue weighted by atomic mass is 16.8. The fourth-order valence-electron chi connectivity index (χ4n) is 4.11. The Morgan fingerprint density at radius 1 is 1.00 bits per heavy atom. The fourth-order valence-corrected chi connectivity index (χ4v) is 4.11. The second-order valence-electron chi connectivity index (χ2n) is 6.70. The van der Waals surface area contributed by atoms with Gasteiger partial charge >= 0.3 is 7.12 Å². The maximum atomic E-state index is 6.32. The van der Waals surface area contributed by atoms with Crippen molar-refractivity contribution < 1.29 is 23.5 Å². The molecule has 6 heteroatoms. The van der Waals surface area contributed by atoms with Gasteiger partial charge in [-0.2, -0.15) is 0 Å². The Labute approximate surface area is 132 Å². The molecule has 117 valence electrons. The van der Waals surface area contributed by atoms with Gasteiger partial charge in [0.25, 0.3) is 0 Å². The molecule has 1 spiro atoms. The van der Waals surface area contributed by atoms with Crippen LogP contribution in [0.25, 0.3) is 0 Å². The van der Waals surface area contributed by atoms with Gasteiger partial charge in [0.15, 0.2) is 12.1 Å². The third-order valence-electron chi connectivity index (χ3n) is 5.22. The van der Waals surface area contributed by atoms with E-state index in [-0.39, 0.29) is 31.7 Å². The molecule has 2 aliphatic carbocycles. The summed E-state index contributed by atoms with van der Waals surface area (Å²) in [6.45, 7) is 0.521. The van der Waals surface area contributed by atoms with Gasteiger partial charge in [0.2, 0.25) is 0 Å². The second kappa shape index (κ2) is 5.45. The Morgan fingerprint density at radius 3 is 2.64 bits per heavy atom. The predicted octanol–water partition coefficient (Wildman–Crippen LogP) is 1.64. The number of ether oxygens (including phenoxy) is 3. The van der Waals surface area contributed by atoms with Crippen molar-refractivity contribution >= 4 is 7.12 Å². The summed E-state index contributed by atoms with van der Waals surface area (Å²) in [5.74, 6) is 0.615. The highest BCUT2D eigenvalue weighted by Gasteiger charge is 2.60. The Balaban J connectivity index is 1.29. The molecule has 0 aromatic rings. The summed E-state index contributed by atoms with van der Waals surface area (Å²) in [4.78, 5) is 0. The first kappa shape index (κ1) is 14.2. The Bertz CT molecular complexity index is 421. The van der Waals surface area contributed by atoms with Crippen molar-refractivity contribution in [1.29, 1.82) is 0 Å². The van der Waals surface area contributed by atoms with Crippen molar-refractivity contribution in [3.63, 3.8) is 0 Å². The molecule has 5 rings (SSSR count). The molecular formula is C16H20BO5. The first-order valence-corrected chi connectivity index (χ1v) is 8.33. The van der Waals surface area contributed by atoms with Crippen LogP contribution in [0.3, 0.4) is 0 Å². The summed E-state index contributed by atoms with van der Waals surface area (Å²) >= 11 is 0. The van der Waals surface area contributed by atoms with Gasteiger partial charge in [-0.3, -0.25) is 0 Å². The van der Waals surface area contributed by atoms with Gasteiger partial charge in [-0.15, -0.1) is 0 Å². The van der Waals surface area contributed by atoms with Crippen molar-refractivity contribution in [3.05, 3.63) is 31.5 Å². The molecule has 5 fully saturated rings. The van der Waals surface area contributed by atoms with Gasteiger partial charge in [0.1, 0.15) is 18.3 Å². The Morgan fingerprint density at radius 2 is 1.82 bits per heavy atom. The third kappa shape index (κ3) is 2.27. The first-order chi connectivity index (χ1) is 10.8. The number of rotatable bonds is 1. The molecule has 0 N–H and O–H groups in total. The Kier molecular flexibility index (Phi) is 3.53. The number of fused-ring (bicyclic) bond motifs is 3. The summed E-state index contributed by atoms with van der Waals surface area (Å²) in [7, 11) is -0.329. The molecule has 3 aliphatic heterocycles. The van der Waals surface area contributed by atoms with Crippen molar-refractivity contribution in [1.82, 2.24) is 0 Å². The second-order valence-corrected chi connectivity index (χ2v) is 6.70. The van der Waals surface area contributed by atoms with Gasteiger partial charge in [-0.1, -0.05) is 6.42 Å². The van der Waals surface area contributed by atoms with E-state index < -0.39 is 5.79 Å². The highest BCUT2D eigenvalue weighted by Crippen LogP contribution is 2.47. The van der Waals surface area contributed by atoms with Crippen LogP contribution in [0.5, 0.6) is 0 Å². The van der Waals surface area contributed by atoms with E-state index in [4.69, 9.17) is 23.5 Å². The number of hydrogen-bond donors (Lipinski definition) is 0. The SMILES string of the molecule is [CH]1[CH][CH][C](B2OC[C@H]3O[C@@H]4OC5(CCCCC5)O[C@@H]4[C@H]3O2)[CH]1. The lowest BCUT2D eigenvalue weighted by atomic mass is 9.69. The van der Waals surface area contributed by atoms with E-state index in [1.165, 1.54) is 6.42 Å². The average molecular weight is 303 g/mol. The summed E-state index contributed by atoms with van der Waals surface area (Å²) in [5.41, 5.74) is 0. The molecule has 0 bridgehead atoms. The summed E-state index contributed by atoms with van der Waals surface area (Å²) < 4.78 is 30.4. The van der Waals surface area contributed by atoms with Gasteiger partial charge in [0.05, 0.1) is 6.61 Å². The van der Waals surface area contributed by atoms with Crippen molar-refractivity contribution in [2.45, 2.75) is 62.5 Å². The van der Waals surface area contributed by atoms with E-state index >= 15 is 0 Å². The molecule has 5 nitrogen and oxygen atoms in total. The monoisotopic (exact) mass is 303 g/mol. The van der Waals surface area contributed by atoms with Gasteiger partial charge < -0.3 is 23.5 Å². The molecule has 0 unspecified atom stereocenters. The summed E-state index contributed by atoms with van der Waals surface area (Å²) in [6, 6.07) is 0. The maximum absolute atomic E-state index is 6.32. The van der Waals surface area contributed by atoms with Crippen molar-refractivity contribution in [2.75, 3.05) is 6.61 Å². The summed E-state index contributed by atoms with van der Waals surface area (Å²) in [6.07, 6.45) is 12.9. The molecular weight excluding hydrogens is 283 g/mol. The minimum Gasteiger partial charge on any atom is -0.408 e. The topological polar surface area (TPSA) is 46.2 Å². The normalized spacial score (nSPS) is 44.5. The van der Waals surface area contributed by atoms with Crippen LogP contribution in [0.15, 0.2) is 0 Å². The largest absolute Gasteiger partial charge is 0.464 e.